The molecule has 1 amide bonds. The monoisotopic (exact) mass is 286 g/mol. The van der Waals surface area contributed by atoms with Gasteiger partial charge in [0.2, 0.25) is 5.91 Å². The minimum absolute atomic E-state index is 0.0800. The normalized spacial score (nSPS) is 12.4. The van der Waals surface area contributed by atoms with E-state index in [1.807, 2.05) is 36.7 Å². The fraction of sp³-hybridized carbons (Fsp3) is 0.375. The van der Waals surface area contributed by atoms with Gasteiger partial charge in [-0.1, -0.05) is 19.9 Å². The van der Waals surface area contributed by atoms with E-state index in [0.717, 1.165) is 17.1 Å². The SMILES string of the molecule is Cc1ccc(N)cc1NC(=O)C(C)n1ccnc1C(C)C. The smallest absolute Gasteiger partial charge is 0.247 e. The molecule has 112 valence electrons. The van der Waals surface area contributed by atoms with E-state index in [9.17, 15) is 4.79 Å². The fourth-order valence-corrected chi connectivity index (χ4v) is 2.24. The van der Waals surface area contributed by atoms with Crippen LogP contribution in [-0.4, -0.2) is 15.5 Å². The lowest BCUT2D eigenvalue weighted by Gasteiger charge is -2.18. The number of nitrogens with two attached hydrogens (primary N) is 1. The van der Waals surface area contributed by atoms with Crippen LogP contribution >= 0.6 is 0 Å². The van der Waals surface area contributed by atoms with E-state index in [4.69, 9.17) is 5.73 Å². The first-order valence-corrected chi connectivity index (χ1v) is 7.10. The number of hydrogen-bond acceptors (Lipinski definition) is 3. The van der Waals surface area contributed by atoms with Gasteiger partial charge in [-0.3, -0.25) is 4.79 Å². The fourth-order valence-electron chi connectivity index (χ4n) is 2.24. The van der Waals surface area contributed by atoms with Crippen LogP contribution in [0.4, 0.5) is 11.4 Å². The summed E-state index contributed by atoms with van der Waals surface area (Å²) < 4.78 is 1.90. The molecule has 0 aliphatic heterocycles. The zero-order chi connectivity index (χ0) is 15.6. The van der Waals surface area contributed by atoms with E-state index in [2.05, 4.69) is 24.1 Å². The van der Waals surface area contributed by atoms with Gasteiger partial charge in [-0.25, -0.2) is 4.98 Å². The predicted molar refractivity (Wildman–Crippen MR) is 85.2 cm³/mol. The highest BCUT2D eigenvalue weighted by Gasteiger charge is 2.19. The number of imidazole rings is 1. The molecule has 0 aliphatic carbocycles. The highest BCUT2D eigenvalue weighted by molar-refractivity contribution is 5.94. The second-order valence-electron chi connectivity index (χ2n) is 5.59. The van der Waals surface area contributed by atoms with Gasteiger partial charge in [0.05, 0.1) is 0 Å². The summed E-state index contributed by atoms with van der Waals surface area (Å²) in [6.45, 7) is 7.93. The molecule has 1 aromatic heterocycles. The van der Waals surface area contributed by atoms with E-state index < -0.39 is 0 Å². The van der Waals surface area contributed by atoms with Crippen LogP contribution in [0.25, 0.3) is 0 Å². The summed E-state index contributed by atoms with van der Waals surface area (Å²) in [7, 11) is 0. The highest BCUT2D eigenvalue weighted by atomic mass is 16.2. The van der Waals surface area contributed by atoms with Gasteiger partial charge < -0.3 is 15.6 Å². The van der Waals surface area contributed by atoms with Crippen molar-refractivity contribution in [1.82, 2.24) is 9.55 Å². The van der Waals surface area contributed by atoms with Crippen LogP contribution in [-0.2, 0) is 4.79 Å². The Morgan fingerprint density at radius 2 is 2.05 bits per heavy atom. The molecule has 0 aliphatic rings. The second-order valence-corrected chi connectivity index (χ2v) is 5.59. The Morgan fingerprint density at radius 3 is 2.71 bits per heavy atom. The van der Waals surface area contributed by atoms with Crippen LogP contribution in [0.2, 0.25) is 0 Å². The maximum absolute atomic E-state index is 12.4. The number of carbonyl (C=O) groups excluding carboxylic acids is 1. The topological polar surface area (TPSA) is 72.9 Å². The van der Waals surface area contributed by atoms with Gasteiger partial charge in [-0.15, -0.1) is 0 Å². The number of nitrogens with zero attached hydrogens (tertiary/aromatic N) is 2. The minimum atomic E-state index is -0.328. The van der Waals surface area contributed by atoms with Gasteiger partial charge in [0.15, 0.2) is 0 Å². The van der Waals surface area contributed by atoms with E-state index in [1.165, 1.54) is 0 Å². The molecular weight excluding hydrogens is 264 g/mol. The third kappa shape index (κ3) is 3.24. The number of benzene rings is 1. The first kappa shape index (κ1) is 15.1. The number of aromatic nitrogens is 2. The lowest BCUT2D eigenvalue weighted by Crippen LogP contribution is -2.25. The summed E-state index contributed by atoms with van der Waals surface area (Å²) in [6, 6.07) is 5.16. The van der Waals surface area contributed by atoms with Crippen LogP contribution < -0.4 is 11.1 Å². The van der Waals surface area contributed by atoms with E-state index >= 15 is 0 Å². The van der Waals surface area contributed by atoms with Gasteiger partial charge >= 0.3 is 0 Å². The highest BCUT2D eigenvalue weighted by Crippen LogP contribution is 2.21. The van der Waals surface area contributed by atoms with Crippen molar-refractivity contribution in [2.45, 2.75) is 39.7 Å². The van der Waals surface area contributed by atoms with Crippen LogP contribution in [0.15, 0.2) is 30.6 Å². The Labute approximate surface area is 125 Å². The van der Waals surface area contributed by atoms with Crippen molar-refractivity contribution in [2.75, 3.05) is 11.1 Å². The van der Waals surface area contributed by atoms with Crippen molar-refractivity contribution in [2.24, 2.45) is 0 Å². The molecule has 5 nitrogen and oxygen atoms in total. The van der Waals surface area contributed by atoms with Crippen LogP contribution in [0.1, 0.15) is 44.1 Å². The van der Waals surface area contributed by atoms with Crippen molar-refractivity contribution < 1.29 is 4.79 Å². The molecule has 0 spiro atoms. The molecule has 0 saturated heterocycles. The van der Waals surface area contributed by atoms with Crippen LogP contribution in [0, 0.1) is 6.92 Å². The van der Waals surface area contributed by atoms with Crippen molar-refractivity contribution in [3.05, 3.63) is 42.0 Å². The Morgan fingerprint density at radius 1 is 1.33 bits per heavy atom. The molecule has 1 unspecified atom stereocenters. The molecule has 5 heteroatoms. The average Bonchev–Trinajstić information content (AvgIpc) is 2.91. The second kappa shape index (κ2) is 5.99. The summed E-state index contributed by atoms with van der Waals surface area (Å²) in [6.07, 6.45) is 3.57. The maximum atomic E-state index is 12.4. The first-order chi connectivity index (χ1) is 9.90. The number of rotatable bonds is 4. The summed E-state index contributed by atoms with van der Waals surface area (Å²) in [5, 5.41) is 2.94. The van der Waals surface area contributed by atoms with Crippen molar-refractivity contribution >= 4 is 17.3 Å². The molecule has 21 heavy (non-hydrogen) atoms. The number of anilines is 2. The van der Waals surface area contributed by atoms with Gasteiger partial charge in [0.1, 0.15) is 11.9 Å². The summed E-state index contributed by atoms with van der Waals surface area (Å²) in [5.41, 5.74) is 8.14. The maximum Gasteiger partial charge on any atom is 0.247 e. The Kier molecular flexibility index (Phi) is 4.31. The number of aryl methyl sites for hydroxylation is 1. The number of nitrogens with one attached hydrogen (secondary N) is 1. The van der Waals surface area contributed by atoms with Crippen LogP contribution in [0.5, 0.6) is 0 Å². The van der Waals surface area contributed by atoms with Crippen molar-refractivity contribution in [1.29, 1.82) is 0 Å². The van der Waals surface area contributed by atoms with Gasteiger partial charge in [0, 0.05) is 29.7 Å². The third-order valence-corrected chi connectivity index (χ3v) is 3.53. The lowest BCUT2D eigenvalue weighted by molar-refractivity contribution is -0.118. The quantitative estimate of drug-likeness (QED) is 0.848. The first-order valence-electron chi connectivity index (χ1n) is 7.10. The molecular formula is C16H22N4O. The molecule has 1 atom stereocenters. The minimum Gasteiger partial charge on any atom is -0.399 e. The molecule has 0 saturated carbocycles. The molecule has 0 bridgehead atoms. The van der Waals surface area contributed by atoms with Crippen LogP contribution in [0.3, 0.4) is 0 Å². The number of hydrogen-bond donors (Lipinski definition) is 2. The largest absolute Gasteiger partial charge is 0.399 e. The summed E-state index contributed by atoms with van der Waals surface area (Å²) in [4.78, 5) is 16.8. The average molecular weight is 286 g/mol. The van der Waals surface area contributed by atoms with Crippen molar-refractivity contribution in [3.63, 3.8) is 0 Å². The van der Waals surface area contributed by atoms with E-state index in [1.54, 1.807) is 12.3 Å². The third-order valence-electron chi connectivity index (χ3n) is 3.53. The Balaban J connectivity index is 2.20. The zero-order valence-electron chi connectivity index (χ0n) is 12.9. The molecule has 3 N–H and O–H groups in total. The summed E-state index contributed by atoms with van der Waals surface area (Å²) >= 11 is 0. The predicted octanol–water partition coefficient (Wildman–Crippen LogP) is 3.10. The molecule has 1 aromatic carbocycles. The Hall–Kier alpha value is -2.30. The van der Waals surface area contributed by atoms with Gasteiger partial charge in [0.25, 0.3) is 0 Å². The van der Waals surface area contributed by atoms with Crippen molar-refractivity contribution in [3.8, 4) is 0 Å². The number of nitrogen functional groups attached to an aromatic ring is 1. The standard InChI is InChI=1S/C16H22N4O/c1-10(2)15-18-7-8-20(15)12(4)16(21)19-14-9-13(17)6-5-11(14)3/h5-10,12H,17H2,1-4H3,(H,19,21). The van der Waals surface area contributed by atoms with E-state index in [-0.39, 0.29) is 17.9 Å². The number of amides is 1. The summed E-state index contributed by atoms with van der Waals surface area (Å²) in [5.74, 6) is 1.09. The molecule has 2 rings (SSSR count). The molecule has 2 aromatic rings. The van der Waals surface area contributed by atoms with Gasteiger partial charge in [-0.2, -0.15) is 0 Å². The molecule has 0 fully saturated rings. The molecule has 1 heterocycles. The Bertz CT molecular complexity index is 645. The lowest BCUT2D eigenvalue weighted by atomic mass is 10.1. The molecule has 0 radical (unpaired) electrons. The van der Waals surface area contributed by atoms with Gasteiger partial charge in [-0.05, 0) is 31.5 Å². The van der Waals surface area contributed by atoms with E-state index in [0.29, 0.717) is 5.69 Å². The number of carbonyl (C=O) groups is 1. The zero-order valence-corrected chi connectivity index (χ0v) is 12.9.